The number of nitrogens with one attached hydrogen (secondary N) is 1. The summed E-state index contributed by atoms with van der Waals surface area (Å²) in [5, 5.41) is 4.23. The molecule has 0 radical (unpaired) electrons. The standard InChI is InChI=1S/C27H25NO3/c29-26(28-27(19-9-3-1-4-10-19)20-11-5-2-6-12-20)18-30-21-15-16-25-23(17-21)22-13-7-8-14-24(22)31-25/h1-6,9-12,15-17,27H,7-8,13-14,18H2,(H,28,29). The van der Waals surface area contributed by atoms with Crippen LogP contribution >= 0.6 is 0 Å². The molecule has 4 aromatic rings. The molecule has 3 aromatic carbocycles. The van der Waals surface area contributed by atoms with Gasteiger partial charge in [-0.2, -0.15) is 0 Å². The van der Waals surface area contributed by atoms with E-state index in [0.29, 0.717) is 5.75 Å². The van der Waals surface area contributed by atoms with Crippen molar-refractivity contribution in [3.63, 3.8) is 0 Å². The minimum Gasteiger partial charge on any atom is -0.484 e. The van der Waals surface area contributed by atoms with Crippen LogP contribution in [-0.2, 0) is 17.6 Å². The average molecular weight is 412 g/mol. The molecule has 1 heterocycles. The Labute approximate surface area is 181 Å². The molecule has 1 amide bonds. The Bertz CT molecular complexity index is 1140. The first kappa shape index (κ1) is 19.4. The van der Waals surface area contributed by atoms with Crippen molar-refractivity contribution in [1.29, 1.82) is 0 Å². The number of furan rings is 1. The fourth-order valence-electron chi connectivity index (χ4n) is 4.33. The molecule has 1 N–H and O–H groups in total. The molecule has 31 heavy (non-hydrogen) atoms. The van der Waals surface area contributed by atoms with E-state index >= 15 is 0 Å². The Balaban J connectivity index is 1.30. The van der Waals surface area contributed by atoms with Crippen LogP contribution in [0.2, 0.25) is 0 Å². The minimum absolute atomic E-state index is 0.0400. The maximum Gasteiger partial charge on any atom is 0.258 e. The smallest absolute Gasteiger partial charge is 0.258 e. The second-order valence-electron chi connectivity index (χ2n) is 7.98. The molecule has 0 saturated heterocycles. The predicted molar refractivity (Wildman–Crippen MR) is 121 cm³/mol. The quantitative estimate of drug-likeness (QED) is 0.450. The van der Waals surface area contributed by atoms with Gasteiger partial charge in [-0.3, -0.25) is 4.79 Å². The van der Waals surface area contributed by atoms with Crippen LogP contribution < -0.4 is 10.1 Å². The van der Waals surface area contributed by atoms with Crippen LogP contribution in [-0.4, -0.2) is 12.5 Å². The van der Waals surface area contributed by atoms with E-state index in [0.717, 1.165) is 40.7 Å². The number of fused-ring (bicyclic) bond motifs is 3. The van der Waals surface area contributed by atoms with Crippen LogP contribution in [0, 0.1) is 0 Å². The second-order valence-corrected chi connectivity index (χ2v) is 7.98. The van der Waals surface area contributed by atoms with Gasteiger partial charge in [0.2, 0.25) is 0 Å². The van der Waals surface area contributed by atoms with Crippen molar-refractivity contribution in [2.24, 2.45) is 0 Å². The zero-order valence-corrected chi connectivity index (χ0v) is 17.3. The van der Waals surface area contributed by atoms with Gasteiger partial charge >= 0.3 is 0 Å². The van der Waals surface area contributed by atoms with Gasteiger partial charge in [0, 0.05) is 17.4 Å². The zero-order valence-electron chi connectivity index (χ0n) is 17.3. The molecule has 4 nitrogen and oxygen atoms in total. The molecule has 0 aliphatic heterocycles. The first-order chi connectivity index (χ1) is 15.3. The molecule has 1 aliphatic rings. The molecule has 0 fully saturated rings. The van der Waals surface area contributed by atoms with Crippen molar-refractivity contribution in [2.45, 2.75) is 31.7 Å². The summed E-state index contributed by atoms with van der Waals surface area (Å²) in [6, 6.07) is 25.6. The maximum absolute atomic E-state index is 12.8. The van der Waals surface area contributed by atoms with E-state index in [2.05, 4.69) is 5.32 Å². The number of amides is 1. The largest absolute Gasteiger partial charge is 0.484 e. The fourth-order valence-corrected chi connectivity index (χ4v) is 4.33. The lowest BCUT2D eigenvalue weighted by molar-refractivity contribution is -0.123. The number of benzene rings is 3. The van der Waals surface area contributed by atoms with E-state index in [4.69, 9.17) is 9.15 Å². The van der Waals surface area contributed by atoms with Gasteiger partial charge in [-0.15, -0.1) is 0 Å². The Hall–Kier alpha value is -3.53. The molecule has 156 valence electrons. The highest BCUT2D eigenvalue weighted by molar-refractivity contribution is 5.84. The van der Waals surface area contributed by atoms with Crippen molar-refractivity contribution in [3.05, 3.63) is 101 Å². The van der Waals surface area contributed by atoms with E-state index in [1.54, 1.807) is 0 Å². The number of carbonyl (C=O) groups is 1. The van der Waals surface area contributed by atoms with Crippen molar-refractivity contribution < 1.29 is 13.9 Å². The molecule has 1 aliphatic carbocycles. The Morgan fingerprint density at radius 3 is 2.29 bits per heavy atom. The molecule has 4 heteroatoms. The summed E-state index contributed by atoms with van der Waals surface area (Å²) in [4.78, 5) is 12.8. The summed E-state index contributed by atoms with van der Waals surface area (Å²) in [6.07, 6.45) is 4.42. The summed E-state index contributed by atoms with van der Waals surface area (Å²) < 4.78 is 11.8. The highest BCUT2D eigenvalue weighted by Gasteiger charge is 2.19. The van der Waals surface area contributed by atoms with E-state index in [9.17, 15) is 4.79 Å². The van der Waals surface area contributed by atoms with Gasteiger partial charge in [-0.05, 0) is 48.6 Å². The molecule has 0 spiro atoms. The predicted octanol–water partition coefficient (Wildman–Crippen LogP) is 5.60. The lowest BCUT2D eigenvalue weighted by Gasteiger charge is -2.20. The van der Waals surface area contributed by atoms with Crippen LogP contribution in [0.4, 0.5) is 0 Å². The minimum atomic E-state index is -0.220. The van der Waals surface area contributed by atoms with Crippen molar-refractivity contribution in [1.82, 2.24) is 5.32 Å². The lowest BCUT2D eigenvalue weighted by atomic mass is 9.96. The molecule has 0 atom stereocenters. The molecular weight excluding hydrogens is 386 g/mol. The summed E-state index contributed by atoms with van der Waals surface area (Å²) >= 11 is 0. The highest BCUT2D eigenvalue weighted by Crippen LogP contribution is 2.34. The van der Waals surface area contributed by atoms with E-state index in [1.165, 1.54) is 18.4 Å². The second kappa shape index (κ2) is 8.68. The molecule has 0 unspecified atom stereocenters. The van der Waals surface area contributed by atoms with Crippen molar-refractivity contribution in [2.75, 3.05) is 6.61 Å². The fraction of sp³-hybridized carbons (Fsp3) is 0.222. The SMILES string of the molecule is O=C(COc1ccc2oc3c(c2c1)CCCC3)NC(c1ccccc1)c1ccccc1. The van der Waals surface area contributed by atoms with Crippen LogP contribution in [0.15, 0.2) is 83.3 Å². The van der Waals surface area contributed by atoms with Gasteiger partial charge in [-0.25, -0.2) is 0 Å². The van der Waals surface area contributed by atoms with Crippen LogP contribution in [0.1, 0.15) is 41.3 Å². The average Bonchev–Trinajstić information content (AvgIpc) is 3.20. The first-order valence-corrected chi connectivity index (χ1v) is 10.8. The van der Waals surface area contributed by atoms with Gasteiger partial charge in [-0.1, -0.05) is 60.7 Å². The normalized spacial score (nSPS) is 13.2. The van der Waals surface area contributed by atoms with E-state index in [1.807, 2.05) is 78.9 Å². The molecule has 0 bridgehead atoms. The lowest BCUT2D eigenvalue weighted by Crippen LogP contribution is -2.33. The van der Waals surface area contributed by atoms with Gasteiger partial charge < -0.3 is 14.5 Å². The first-order valence-electron chi connectivity index (χ1n) is 10.8. The third-order valence-corrected chi connectivity index (χ3v) is 5.87. The summed E-state index contributed by atoms with van der Waals surface area (Å²) in [5.74, 6) is 1.63. The van der Waals surface area contributed by atoms with Gasteiger partial charge in [0.1, 0.15) is 17.1 Å². The Morgan fingerprint density at radius 2 is 1.58 bits per heavy atom. The van der Waals surface area contributed by atoms with Crippen molar-refractivity contribution in [3.8, 4) is 5.75 Å². The number of aryl methyl sites for hydroxylation is 2. The Morgan fingerprint density at radius 1 is 0.903 bits per heavy atom. The third kappa shape index (κ3) is 4.19. The van der Waals surface area contributed by atoms with Crippen molar-refractivity contribution >= 4 is 16.9 Å². The van der Waals surface area contributed by atoms with E-state index < -0.39 is 0 Å². The zero-order chi connectivity index (χ0) is 21.0. The molecular formula is C27H25NO3. The monoisotopic (exact) mass is 411 g/mol. The summed E-state index contributed by atoms with van der Waals surface area (Å²) in [7, 11) is 0. The molecule has 5 rings (SSSR count). The maximum atomic E-state index is 12.8. The van der Waals surface area contributed by atoms with Crippen LogP contribution in [0.5, 0.6) is 5.75 Å². The number of rotatable bonds is 6. The topological polar surface area (TPSA) is 51.5 Å². The van der Waals surface area contributed by atoms with Crippen LogP contribution in [0.3, 0.4) is 0 Å². The number of hydrogen-bond acceptors (Lipinski definition) is 3. The Kier molecular flexibility index (Phi) is 5.44. The van der Waals surface area contributed by atoms with Gasteiger partial charge in [0.25, 0.3) is 5.91 Å². The third-order valence-electron chi connectivity index (χ3n) is 5.87. The molecule has 0 saturated carbocycles. The van der Waals surface area contributed by atoms with E-state index in [-0.39, 0.29) is 18.6 Å². The summed E-state index contributed by atoms with van der Waals surface area (Å²) in [6.45, 7) is -0.0400. The number of hydrogen-bond donors (Lipinski definition) is 1. The summed E-state index contributed by atoms with van der Waals surface area (Å²) in [5.41, 5.74) is 4.27. The number of ether oxygens (including phenoxy) is 1. The van der Waals surface area contributed by atoms with Gasteiger partial charge in [0.05, 0.1) is 6.04 Å². The van der Waals surface area contributed by atoms with Crippen LogP contribution in [0.25, 0.3) is 11.0 Å². The molecule has 1 aromatic heterocycles. The van der Waals surface area contributed by atoms with Gasteiger partial charge in [0.15, 0.2) is 6.61 Å². The highest BCUT2D eigenvalue weighted by atomic mass is 16.5. The number of carbonyl (C=O) groups excluding carboxylic acids is 1.